The monoisotopic (exact) mass is 220 g/mol. The zero-order chi connectivity index (χ0) is 11.4. The standard InChI is InChI=1S/C12H20N4/c1-9(10-5-3-4-6-10)15-11-7-8-14-12(13-2)16-11/h7-10H,3-6H2,1-2H3,(H2,13,14,15,16). The molecule has 0 aliphatic heterocycles. The Morgan fingerprint density at radius 3 is 2.81 bits per heavy atom. The highest BCUT2D eigenvalue weighted by molar-refractivity contribution is 5.40. The van der Waals surface area contributed by atoms with Crippen molar-refractivity contribution < 1.29 is 0 Å². The molecule has 4 heteroatoms. The van der Waals surface area contributed by atoms with Crippen molar-refractivity contribution in [3.63, 3.8) is 0 Å². The van der Waals surface area contributed by atoms with Crippen molar-refractivity contribution in [2.75, 3.05) is 17.7 Å². The Hall–Kier alpha value is -1.32. The van der Waals surface area contributed by atoms with Crippen LogP contribution in [0.2, 0.25) is 0 Å². The van der Waals surface area contributed by atoms with Gasteiger partial charge in [0.15, 0.2) is 0 Å². The Morgan fingerprint density at radius 1 is 1.38 bits per heavy atom. The van der Waals surface area contributed by atoms with Crippen LogP contribution in [0.5, 0.6) is 0 Å². The number of anilines is 2. The summed E-state index contributed by atoms with van der Waals surface area (Å²) >= 11 is 0. The summed E-state index contributed by atoms with van der Waals surface area (Å²) in [4.78, 5) is 8.47. The molecule has 0 amide bonds. The Morgan fingerprint density at radius 2 is 2.12 bits per heavy atom. The first-order valence-corrected chi connectivity index (χ1v) is 6.07. The summed E-state index contributed by atoms with van der Waals surface area (Å²) in [6.07, 6.45) is 7.23. The van der Waals surface area contributed by atoms with Crippen LogP contribution in [0.25, 0.3) is 0 Å². The summed E-state index contributed by atoms with van der Waals surface area (Å²) < 4.78 is 0. The third-order valence-electron chi connectivity index (χ3n) is 3.36. The van der Waals surface area contributed by atoms with E-state index in [0.29, 0.717) is 12.0 Å². The highest BCUT2D eigenvalue weighted by Crippen LogP contribution is 2.28. The number of nitrogens with zero attached hydrogens (tertiary/aromatic N) is 2. The highest BCUT2D eigenvalue weighted by Gasteiger charge is 2.21. The van der Waals surface area contributed by atoms with Crippen LogP contribution in [0.1, 0.15) is 32.6 Å². The molecular formula is C12H20N4. The average Bonchev–Trinajstić information content (AvgIpc) is 2.83. The highest BCUT2D eigenvalue weighted by atomic mass is 15.1. The molecule has 1 saturated carbocycles. The van der Waals surface area contributed by atoms with E-state index in [2.05, 4.69) is 27.5 Å². The lowest BCUT2D eigenvalue weighted by atomic mass is 10.00. The van der Waals surface area contributed by atoms with E-state index in [1.807, 2.05) is 13.1 Å². The number of nitrogens with one attached hydrogen (secondary N) is 2. The fraction of sp³-hybridized carbons (Fsp3) is 0.667. The summed E-state index contributed by atoms with van der Waals surface area (Å²) in [7, 11) is 1.83. The van der Waals surface area contributed by atoms with E-state index < -0.39 is 0 Å². The largest absolute Gasteiger partial charge is 0.367 e. The molecule has 16 heavy (non-hydrogen) atoms. The van der Waals surface area contributed by atoms with Gasteiger partial charge < -0.3 is 10.6 Å². The molecule has 1 aliphatic rings. The van der Waals surface area contributed by atoms with Crippen LogP contribution in [0.4, 0.5) is 11.8 Å². The topological polar surface area (TPSA) is 49.8 Å². The molecule has 1 unspecified atom stereocenters. The van der Waals surface area contributed by atoms with Gasteiger partial charge in [0.1, 0.15) is 5.82 Å². The predicted octanol–water partition coefficient (Wildman–Crippen LogP) is 2.51. The number of rotatable bonds is 4. The molecule has 1 aliphatic carbocycles. The van der Waals surface area contributed by atoms with E-state index in [0.717, 1.165) is 11.7 Å². The normalized spacial score (nSPS) is 18.4. The van der Waals surface area contributed by atoms with E-state index in [1.54, 1.807) is 6.20 Å². The van der Waals surface area contributed by atoms with Crippen molar-refractivity contribution >= 4 is 11.8 Å². The smallest absolute Gasteiger partial charge is 0.224 e. The molecule has 0 bridgehead atoms. The SMILES string of the molecule is CNc1nccc(NC(C)C2CCCC2)n1. The maximum absolute atomic E-state index is 4.37. The second-order valence-corrected chi connectivity index (χ2v) is 4.49. The molecule has 0 radical (unpaired) electrons. The first kappa shape index (κ1) is 11.2. The van der Waals surface area contributed by atoms with Gasteiger partial charge in [0.05, 0.1) is 0 Å². The van der Waals surface area contributed by atoms with Crippen LogP contribution in [-0.2, 0) is 0 Å². The van der Waals surface area contributed by atoms with Crippen LogP contribution >= 0.6 is 0 Å². The summed E-state index contributed by atoms with van der Waals surface area (Å²) in [5.74, 6) is 2.38. The fourth-order valence-corrected chi connectivity index (χ4v) is 2.37. The fourth-order valence-electron chi connectivity index (χ4n) is 2.37. The molecule has 1 aromatic heterocycles. The number of hydrogen-bond acceptors (Lipinski definition) is 4. The predicted molar refractivity (Wildman–Crippen MR) is 66.6 cm³/mol. The third kappa shape index (κ3) is 2.62. The van der Waals surface area contributed by atoms with E-state index in [-0.39, 0.29) is 0 Å². The molecule has 1 heterocycles. The number of hydrogen-bond donors (Lipinski definition) is 2. The Balaban J connectivity index is 1.96. The molecule has 88 valence electrons. The molecule has 0 aromatic carbocycles. The van der Waals surface area contributed by atoms with Gasteiger partial charge in [-0.05, 0) is 31.7 Å². The van der Waals surface area contributed by atoms with Gasteiger partial charge in [0.2, 0.25) is 5.95 Å². The molecule has 0 saturated heterocycles. The van der Waals surface area contributed by atoms with Crippen molar-refractivity contribution in [3.8, 4) is 0 Å². The minimum absolute atomic E-state index is 0.502. The third-order valence-corrected chi connectivity index (χ3v) is 3.36. The van der Waals surface area contributed by atoms with Crippen molar-refractivity contribution in [2.24, 2.45) is 5.92 Å². The summed E-state index contributed by atoms with van der Waals surface area (Å²) in [5.41, 5.74) is 0. The second-order valence-electron chi connectivity index (χ2n) is 4.49. The van der Waals surface area contributed by atoms with Crippen LogP contribution in [-0.4, -0.2) is 23.1 Å². The number of aromatic nitrogens is 2. The average molecular weight is 220 g/mol. The van der Waals surface area contributed by atoms with Crippen LogP contribution in [0.15, 0.2) is 12.3 Å². The van der Waals surface area contributed by atoms with E-state index in [1.165, 1.54) is 25.7 Å². The molecular weight excluding hydrogens is 200 g/mol. The van der Waals surface area contributed by atoms with Crippen molar-refractivity contribution in [3.05, 3.63) is 12.3 Å². The first-order chi connectivity index (χ1) is 7.79. The Labute approximate surface area is 96.9 Å². The van der Waals surface area contributed by atoms with Crippen molar-refractivity contribution in [1.82, 2.24) is 9.97 Å². The lowest BCUT2D eigenvalue weighted by Gasteiger charge is -2.20. The van der Waals surface area contributed by atoms with E-state index in [4.69, 9.17) is 0 Å². The van der Waals surface area contributed by atoms with Crippen molar-refractivity contribution in [2.45, 2.75) is 38.6 Å². The summed E-state index contributed by atoms with van der Waals surface area (Å²) in [5, 5.41) is 6.42. The van der Waals surface area contributed by atoms with Crippen LogP contribution < -0.4 is 10.6 Å². The Bertz CT molecular complexity index is 334. The minimum Gasteiger partial charge on any atom is -0.367 e. The zero-order valence-corrected chi connectivity index (χ0v) is 10.0. The van der Waals surface area contributed by atoms with E-state index >= 15 is 0 Å². The van der Waals surface area contributed by atoms with Gasteiger partial charge >= 0.3 is 0 Å². The maximum Gasteiger partial charge on any atom is 0.224 e. The molecule has 2 rings (SSSR count). The van der Waals surface area contributed by atoms with Gasteiger partial charge in [-0.15, -0.1) is 0 Å². The van der Waals surface area contributed by atoms with Gasteiger partial charge in [0, 0.05) is 19.3 Å². The molecule has 2 N–H and O–H groups in total. The summed E-state index contributed by atoms with van der Waals surface area (Å²) in [6, 6.07) is 2.42. The maximum atomic E-state index is 4.37. The quantitative estimate of drug-likeness (QED) is 0.818. The Kier molecular flexibility index (Phi) is 3.59. The van der Waals surface area contributed by atoms with Gasteiger partial charge in [0.25, 0.3) is 0 Å². The van der Waals surface area contributed by atoms with E-state index in [9.17, 15) is 0 Å². The van der Waals surface area contributed by atoms with Crippen LogP contribution in [0, 0.1) is 5.92 Å². The second kappa shape index (κ2) is 5.14. The molecule has 0 spiro atoms. The zero-order valence-electron chi connectivity index (χ0n) is 10.0. The molecule has 1 fully saturated rings. The minimum atomic E-state index is 0.502. The van der Waals surface area contributed by atoms with Gasteiger partial charge in [-0.25, -0.2) is 4.98 Å². The van der Waals surface area contributed by atoms with Gasteiger partial charge in [-0.1, -0.05) is 12.8 Å². The molecule has 1 atom stereocenters. The lowest BCUT2D eigenvalue weighted by Crippen LogP contribution is -2.24. The lowest BCUT2D eigenvalue weighted by molar-refractivity contribution is 0.481. The molecule has 4 nitrogen and oxygen atoms in total. The summed E-state index contributed by atoms with van der Waals surface area (Å²) in [6.45, 7) is 2.25. The molecule has 1 aromatic rings. The first-order valence-electron chi connectivity index (χ1n) is 6.07. The van der Waals surface area contributed by atoms with Gasteiger partial charge in [-0.3, -0.25) is 0 Å². The van der Waals surface area contributed by atoms with Gasteiger partial charge in [-0.2, -0.15) is 4.98 Å². The van der Waals surface area contributed by atoms with Crippen molar-refractivity contribution in [1.29, 1.82) is 0 Å². The van der Waals surface area contributed by atoms with Crippen LogP contribution in [0.3, 0.4) is 0 Å².